The Kier molecular flexibility index (Phi) is 6.23. The Balaban J connectivity index is 1.47. The lowest BCUT2D eigenvalue weighted by molar-refractivity contribution is -0.132. The van der Waals surface area contributed by atoms with E-state index < -0.39 is 15.7 Å². The smallest absolute Gasteiger partial charge is 0.223 e. The summed E-state index contributed by atoms with van der Waals surface area (Å²) in [5.41, 5.74) is 1.24. The standard InChI is InChI=1S/C20H23FN2O3S/c21-18-6-8-19(9-7-18)27(25,26)15-10-20(24)23-13-11-22(12-14-23)16-17-4-2-1-3-5-17/h1-9H,10-16H2. The molecule has 1 fully saturated rings. The highest BCUT2D eigenvalue weighted by Crippen LogP contribution is 2.14. The molecule has 1 saturated heterocycles. The molecule has 1 aliphatic rings. The maximum Gasteiger partial charge on any atom is 0.223 e. The molecule has 1 amide bonds. The fourth-order valence-corrected chi connectivity index (χ4v) is 4.37. The van der Waals surface area contributed by atoms with Gasteiger partial charge < -0.3 is 4.90 Å². The van der Waals surface area contributed by atoms with E-state index in [2.05, 4.69) is 17.0 Å². The molecule has 0 N–H and O–H groups in total. The number of benzene rings is 2. The summed E-state index contributed by atoms with van der Waals surface area (Å²) in [4.78, 5) is 16.4. The lowest BCUT2D eigenvalue weighted by Gasteiger charge is -2.34. The van der Waals surface area contributed by atoms with Crippen LogP contribution >= 0.6 is 0 Å². The molecule has 0 radical (unpaired) electrons. The van der Waals surface area contributed by atoms with Crippen LogP contribution in [0, 0.1) is 5.82 Å². The van der Waals surface area contributed by atoms with Gasteiger partial charge in [0, 0.05) is 39.1 Å². The maximum absolute atomic E-state index is 12.9. The van der Waals surface area contributed by atoms with E-state index in [-0.39, 0.29) is 23.0 Å². The summed E-state index contributed by atoms with van der Waals surface area (Å²) in [5.74, 6) is -0.903. The van der Waals surface area contributed by atoms with Gasteiger partial charge in [0.05, 0.1) is 10.6 Å². The molecule has 5 nitrogen and oxygen atoms in total. The van der Waals surface area contributed by atoms with Crippen molar-refractivity contribution in [2.24, 2.45) is 0 Å². The summed E-state index contributed by atoms with van der Waals surface area (Å²) < 4.78 is 37.5. The molecule has 0 aromatic heterocycles. The van der Waals surface area contributed by atoms with Crippen molar-refractivity contribution in [3.05, 3.63) is 66.0 Å². The first-order chi connectivity index (χ1) is 12.9. The second-order valence-electron chi connectivity index (χ2n) is 6.67. The number of carbonyl (C=O) groups excluding carboxylic acids is 1. The van der Waals surface area contributed by atoms with Gasteiger partial charge >= 0.3 is 0 Å². The second-order valence-corrected chi connectivity index (χ2v) is 8.77. The molecule has 0 unspecified atom stereocenters. The van der Waals surface area contributed by atoms with Crippen LogP contribution in [0.1, 0.15) is 12.0 Å². The van der Waals surface area contributed by atoms with Crippen molar-refractivity contribution in [1.29, 1.82) is 0 Å². The van der Waals surface area contributed by atoms with E-state index in [1.165, 1.54) is 17.7 Å². The molecule has 0 bridgehead atoms. The zero-order chi connectivity index (χ0) is 19.3. The zero-order valence-electron chi connectivity index (χ0n) is 15.1. The van der Waals surface area contributed by atoms with E-state index in [1.807, 2.05) is 18.2 Å². The summed E-state index contributed by atoms with van der Waals surface area (Å²) >= 11 is 0. The van der Waals surface area contributed by atoms with Gasteiger partial charge in [-0.15, -0.1) is 0 Å². The van der Waals surface area contributed by atoms with Gasteiger partial charge in [-0.2, -0.15) is 0 Å². The van der Waals surface area contributed by atoms with Gasteiger partial charge in [0.1, 0.15) is 5.82 Å². The molecule has 0 atom stereocenters. The monoisotopic (exact) mass is 390 g/mol. The van der Waals surface area contributed by atoms with Crippen LogP contribution in [-0.4, -0.2) is 56.1 Å². The van der Waals surface area contributed by atoms with Crippen molar-refractivity contribution < 1.29 is 17.6 Å². The van der Waals surface area contributed by atoms with Crippen molar-refractivity contribution in [1.82, 2.24) is 9.80 Å². The normalized spacial score (nSPS) is 15.7. The molecule has 27 heavy (non-hydrogen) atoms. The average molecular weight is 390 g/mol. The number of piperazine rings is 1. The topological polar surface area (TPSA) is 57.7 Å². The third-order valence-electron chi connectivity index (χ3n) is 4.73. The molecule has 1 heterocycles. The molecular weight excluding hydrogens is 367 g/mol. The quantitative estimate of drug-likeness (QED) is 0.711. The first-order valence-corrected chi connectivity index (χ1v) is 10.6. The number of nitrogens with zero attached hydrogens (tertiary/aromatic N) is 2. The number of carbonyl (C=O) groups is 1. The number of hydrogen-bond donors (Lipinski definition) is 0. The van der Waals surface area contributed by atoms with Crippen LogP contribution in [0.25, 0.3) is 0 Å². The highest BCUT2D eigenvalue weighted by molar-refractivity contribution is 7.91. The number of amides is 1. The average Bonchev–Trinajstić information content (AvgIpc) is 2.68. The predicted molar refractivity (Wildman–Crippen MR) is 101 cm³/mol. The lowest BCUT2D eigenvalue weighted by Crippen LogP contribution is -2.48. The molecule has 3 rings (SSSR count). The van der Waals surface area contributed by atoms with Gasteiger partial charge in [-0.1, -0.05) is 30.3 Å². The number of halogens is 1. The van der Waals surface area contributed by atoms with Gasteiger partial charge in [0.15, 0.2) is 9.84 Å². The minimum atomic E-state index is -3.59. The maximum atomic E-state index is 12.9. The Labute approximate surface area is 159 Å². The fraction of sp³-hybridized carbons (Fsp3) is 0.350. The van der Waals surface area contributed by atoms with Crippen LogP contribution in [0.15, 0.2) is 59.5 Å². The molecule has 0 aliphatic carbocycles. The molecule has 2 aromatic rings. The SMILES string of the molecule is O=C(CCS(=O)(=O)c1ccc(F)cc1)N1CCN(Cc2ccccc2)CC1. The molecule has 1 aliphatic heterocycles. The van der Waals surface area contributed by atoms with Crippen molar-refractivity contribution in [2.75, 3.05) is 31.9 Å². The van der Waals surface area contributed by atoms with Gasteiger partial charge in [-0.05, 0) is 29.8 Å². The molecule has 0 spiro atoms. The zero-order valence-corrected chi connectivity index (χ0v) is 15.9. The van der Waals surface area contributed by atoms with E-state index in [4.69, 9.17) is 0 Å². The fourth-order valence-electron chi connectivity index (χ4n) is 3.14. The summed E-state index contributed by atoms with van der Waals surface area (Å²) in [5, 5.41) is 0. The van der Waals surface area contributed by atoms with E-state index in [0.29, 0.717) is 13.1 Å². The van der Waals surface area contributed by atoms with Crippen molar-refractivity contribution in [3.8, 4) is 0 Å². The molecule has 144 valence electrons. The molecule has 7 heteroatoms. The second kappa shape index (κ2) is 8.63. The van der Waals surface area contributed by atoms with Crippen LogP contribution < -0.4 is 0 Å². The van der Waals surface area contributed by atoms with E-state index >= 15 is 0 Å². The summed E-state index contributed by atoms with van der Waals surface area (Å²) in [6.07, 6.45) is -0.0571. The lowest BCUT2D eigenvalue weighted by atomic mass is 10.2. The van der Waals surface area contributed by atoms with Gasteiger partial charge in [0.2, 0.25) is 5.91 Å². The third-order valence-corrected chi connectivity index (χ3v) is 6.46. The number of sulfone groups is 1. The minimum absolute atomic E-state index is 0.0457. The Morgan fingerprint density at radius 3 is 2.19 bits per heavy atom. The molecule has 2 aromatic carbocycles. The van der Waals surface area contributed by atoms with E-state index in [0.717, 1.165) is 31.8 Å². The Hall–Kier alpha value is -2.25. The summed E-state index contributed by atoms with van der Waals surface area (Å²) in [7, 11) is -3.59. The van der Waals surface area contributed by atoms with Gasteiger partial charge in [-0.25, -0.2) is 12.8 Å². The van der Waals surface area contributed by atoms with E-state index in [1.54, 1.807) is 4.90 Å². The molecule has 0 saturated carbocycles. The van der Waals surface area contributed by atoms with Gasteiger partial charge in [-0.3, -0.25) is 9.69 Å². The Morgan fingerprint density at radius 1 is 0.926 bits per heavy atom. The first-order valence-electron chi connectivity index (χ1n) is 8.96. The highest BCUT2D eigenvalue weighted by Gasteiger charge is 2.23. The van der Waals surface area contributed by atoms with E-state index in [9.17, 15) is 17.6 Å². The van der Waals surface area contributed by atoms with Crippen LogP contribution in [0.3, 0.4) is 0 Å². The first kappa shape index (κ1) is 19.5. The Morgan fingerprint density at radius 2 is 1.56 bits per heavy atom. The van der Waals surface area contributed by atoms with Crippen molar-refractivity contribution in [3.63, 3.8) is 0 Å². The van der Waals surface area contributed by atoms with Crippen LogP contribution in [0.2, 0.25) is 0 Å². The summed E-state index contributed by atoms with van der Waals surface area (Å²) in [6, 6.07) is 14.9. The summed E-state index contributed by atoms with van der Waals surface area (Å²) in [6.45, 7) is 3.59. The minimum Gasteiger partial charge on any atom is -0.340 e. The largest absolute Gasteiger partial charge is 0.340 e. The third kappa shape index (κ3) is 5.37. The number of hydrogen-bond acceptors (Lipinski definition) is 4. The van der Waals surface area contributed by atoms with Crippen LogP contribution in [0.5, 0.6) is 0 Å². The van der Waals surface area contributed by atoms with Gasteiger partial charge in [0.25, 0.3) is 0 Å². The van der Waals surface area contributed by atoms with Crippen molar-refractivity contribution in [2.45, 2.75) is 17.9 Å². The molecular formula is C20H23FN2O3S. The van der Waals surface area contributed by atoms with Crippen LogP contribution in [0.4, 0.5) is 4.39 Å². The Bertz CT molecular complexity index is 862. The predicted octanol–water partition coefficient (Wildman–Crippen LogP) is 2.33. The van der Waals surface area contributed by atoms with Crippen LogP contribution in [-0.2, 0) is 21.2 Å². The highest BCUT2D eigenvalue weighted by atomic mass is 32.2. The van der Waals surface area contributed by atoms with Crippen molar-refractivity contribution >= 4 is 15.7 Å². The number of rotatable bonds is 6.